The summed E-state index contributed by atoms with van der Waals surface area (Å²) < 4.78 is 18.7. The van der Waals surface area contributed by atoms with Crippen molar-refractivity contribution in [2.45, 2.75) is 0 Å². The van der Waals surface area contributed by atoms with Gasteiger partial charge >= 0.3 is 0 Å². The van der Waals surface area contributed by atoms with Crippen molar-refractivity contribution in [1.82, 2.24) is 14.7 Å². The van der Waals surface area contributed by atoms with Crippen molar-refractivity contribution in [2.24, 2.45) is 7.05 Å². The van der Waals surface area contributed by atoms with Gasteiger partial charge in [0.15, 0.2) is 6.61 Å². The lowest BCUT2D eigenvalue weighted by Crippen LogP contribution is -2.38. The van der Waals surface area contributed by atoms with Crippen molar-refractivity contribution >= 4 is 17.3 Å². The number of benzene rings is 2. The van der Waals surface area contributed by atoms with Gasteiger partial charge in [0.2, 0.25) is 0 Å². The van der Waals surface area contributed by atoms with Crippen molar-refractivity contribution in [1.29, 1.82) is 0 Å². The first-order valence-corrected chi connectivity index (χ1v) is 10.9. The molecule has 1 aliphatic rings. The first kappa shape index (κ1) is 22.6. The quantitative estimate of drug-likeness (QED) is 0.515. The van der Waals surface area contributed by atoms with E-state index < -0.39 is 0 Å². The Hall–Kier alpha value is -3.56. The minimum absolute atomic E-state index is 0.0923. The number of para-hydroxylation sites is 1. The van der Waals surface area contributed by atoms with Gasteiger partial charge < -0.3 is 25.3 Å². The molecule has 1 fully saturated rings. The Morgan fingerprint density at radius 1 is 1.15 bits per heavy atom. The van der Waals surface area contributed by atoms with Gasteiger partial charge in [-0.3, -0.25) is 14.4 Å². The van der Waals surface area contributed by atoms with Gasteiger partial charge in [0.1, 0.15) is 18.1 Å². The van der Waals surface area contributed by atoms with Crippen LogP contribution in [0.5, 0.6) is 11.5 Å². The fourth-order valence-electron chi connectivity index (χ4n) is 3.68. The third-order valence-corrected chi connectivity index (χ3v) is 5.37. The van der Waals surface area contributed by atoms with Crippen LogP contribution in [0.25, 0.3) is 11.3 Å². The van der Waals surface area contributed by atoms with Crippen molar-refractivity contribution < 1.29 is 19.0 Å². The molecule has 9 heteroatoms. The topological polar surface area (TPSA) is 104 Å². The Morgan fingerprint density at radius 3 is 2.67 bits per heavy atom. The smallest absolute Gasteiger partial charge is 0.262 e. The summed E-state index contributed by atoms with van der Waals surface area (Å²) in [5.41, 5.74) is 8.83. The standard InChI is InChI=1S/C24H29N5O4/c1-28-24(21(25)16-26-28)20-15-18(27-23(30)17-33-19-5-3-2-4-6-19)7-8-22(20)32-14-11-29-9-12-31-13-10-29/h2-8,15-16H,9-14,17,25H2,1H3,(H,27,30). The molecule has 0 aliphatic carbocycles. The Labute approximate surface area is 193 Å². The normalized spacial score (nSPS) is 14.1. The van der Waals surface area contributed by atoms with Gasteiger partial charge in [0.25, 0.3) is 5.91 Å². The van der Waals surface area contributed by atoms with Crippen LogP contribution in [-0.4, -0.2) is 66.6 Å². The van der Waals surface area contributed by atoms with E-state index in [2.05, 4.69) is 15.3 Å². The fourth-order valence-corrected chi connectivity index (χ4v) is 3.68. The zero-order valence-electron chi connectivity index (χ0n) is 18.7. The monoisotopic (exact) mass is 451 g/mol. The van der Waals surface area contributed by atoms with Gasteiger partial charge in [0.05, 0.1) is 30.8 Å². The van der Waals surface area contributed by atoms with Crippen molar-refractivity contribution in [2.75, 3.05) is 57.1 Å². The SMILES string of the molecule is Cn1ncc(N)c1-c1cc(NC(=O)COc2ccccc2)ccc1OCCN1CCOCC1. The molecule has 2 heterocycles. The third kappa shape index (κ3) is 6.03. The van der Waals surface area contributed by atoms with Crippen LogP contribution in [0.15, 0.2) is 54.7 Å². The minimum Gasteiger partial charge on any atom is -0.492 e. The molecule has 0 atom stereocenters. The fraction of sp³-hybridized carbons (Fsp3) is 0.333. The lowest BCUT2D eigenvalue weighted by atomic mass is 10.1. The van der Waals surface area contributed by atoms with E-state index in [1.54, 1.807) is 29.1 Å². The van der Waals surface area contributed by atoms with Gasteiger partial charge in [0, 0.05) is 37.9 Å². The number of nitrogens with two attached hydrogens (primary N) is 1. The maximum absolute atomic E-state index is 12.4. The number of nitrogen functional groups attached to an aromatic ring is 1. The molecule has 3 aromatic rings. The molecule has 0 bridgehead atoms. The highest BCUT2D eigenvalue weighted by atomic mass is 16.5. The molecule has 0 saturated carbocycles. The molecule has 1 aromatic heterocycles. The van der Waals surface area contributed by atoms with Gasteiger partial charge in [-0.2, -0.15) is 5.10 Å². The number of amides is 1. The van der Waals surface area contributed by atoms with E-state index in [4.69, 9.17) is 19.9 Å². The molecular formula is C24H29N5O4. The molecule has 0 radical (unpaired) electrons. The van der Waals surface area contributed by atoms with Crippen LogP contribution in [0, 0.1) is 0 Å². The molecule has 2 aromatic carbocycles. The number of rotatable bonds is 9. The zero-order chi connectivity index (χ0) is 23.0. The summed E-state index contributed by atoms with van der Waals surface area (Å²) >= 11 is 0. The highest BCUT2D eigenvalue weighted by molar-refractivity contribution is 5.93. The van der Waals surface area contributed by atoms with E-state index in [9.17, 15) is 4.79 Å². The molecule has 9 nitrogen and oxygen atoms in total. The second-order valence-corrected chi connectivity index (χ2v) is 7.74. The highest BCUT2D eigenvalue weighted by Gasteiger charge is 2.17. The van der Waals surface area contributed by atoms with Gasteiger partial charge in [-0.15, -0.1) is 0 Å². The van der Waals surface area contributed by atoms with Gasteiger partial charge in [-0.05, 0) is 30.3 Å². The Morgan fingerprint density at radius 2 is 1.94 bits per heavy atom. The van der Waals surface area contributed by atoms with E-state index in [0.717, 1.165) is 44.1 Å². The Bertz CT molecular complexity index is 1040. The summed E-state index contributed by atoms with van der Waals surface area (Å²) in [4.78, 5) is 14.7. The van der Waals surface area contributed by atoms with Gasteiger partial charge in [-0.25, -0.2) is 0 Å². The molecule has 174 valence electrons. The van der Waals surface area contributed by atoms with Crippen molar-refractivity contribution in [3.8, 4) is 22.8 Å². The number of hydrogen-bond donors (Lipinski definition) is 2. The van der Waals surface area contributed by atoms with E-state index in [0.29, 0.717) is 29.5 Å². The summed E-state index contributed by atoms with van der Waals surface area (Å²) in [5, 5.41) is 7.12. The number of ether oxygens (including phenoxy) is 3. The number of aryl methyl sites for hydroxylation is 1. The van der Waals surface area contributed by atoms with Crippen LogP contribution in [0.2, 0.25) is 0 Å². The molecular weight excluding hydrogens is 422 g/mol. The third-order valence-electron chi connectivity index (χ3n) is 5.37. The molecule has 3 N–H and O–H groups in total. The van der Waals surface area contributed by atoms with Crippen molar-refractivity contribution in [3.63, 3.8) is 0 Å². The number of anilines is 2. The molecule has 0 unspecified atom stereocenters. The van der Waals surface area contributed by atoms with Crippen LogP contribution >= 0.6 is 0 Å². The van der Waals surface area contributed by atoms with E-state index in [-0.39, 0.29) is 12.5 Å². The van der Waals surface area contributed by atoms with Crippen molar-refractivity contribution in [3.05, 3.63) is 54.7 Å². The number of morpholine rings is 1. The van der Waals surface area contributed by atoms with Crippen LogP contribution < -0.4 is 20.5 Å². The molecule has 1 saturated heterocycles. The minimum atomic E-state index is -0.260. The largest absolute Gasteiger partial charge is 0.492 e. The summed E-state index contributed by atoms with van der Waals surface area (Å²) in [6, 6.07) is 14.7. The predicted molar refractivity (Wildman–Crippen MR) is 126 cm³/mol. The van der Waals surface area contributed by atoms with Crippen LogP contribution in [0.3, 0.4) is 0 Å². The van der Waals surface area contributed by atoms with E-state index >= 15 is 0 Å². The van der Waals surface area contributed by atoms with Crippen LogP contribution in [0.4, 0.5) is 11.4 Å². The Balaban J connectivity index is 1.46. The first-order chi connectivity index (χ1) is 16.1. The number of nitrogens with one attached hydrogen (secondary N) is 1. The first-order valence-electron chi connectivity index (χ1n) is 10.9. The number of aromatic nitrogens is 2. The summed E-state index contributed by atoms with van der Waals surface area (Å²) in [5.74, 6) is 1.06. The number of carbonyl (C=O) groups is 1. The molecule has 33 heavy (non-hydrogen) atoms. The molecule has 0 spiro atoms. The predicted octanol–water partition coefficient (Wildman–Crippen LogP) is 2.40. The number of carbonyl (C=O) groups excluding carboxylic acids is 1. The molecule has 4 rings (SSSR count). The zero-order valence-corrected chi connectivity index (χ0v) is 18.7. The van der Waals surface area contributed by atoms with E-state index in [1.807, 2.05) is 37.4 Å². The second kappa shape index (κ2) is 10.8. The number of nitrogens with zero attached hydrogens (tertiary/aromatic N) is 3. The van der Waals surface area contributed by atoms with Crippen LogP contribution in [0.1, 0.15) is 0 Å². The average Bonchev–Trinajstić information content (AvgIpc) is 3.17. The number of hydrogen-bond acceptors (Lipinski definition) is 7. The molecule has 1 aliphatic heterocycles. The lowest BCUT2D eigenvalue weighted by molar-refractivity contribution is -0.118. The van der Waals surface area contributed by atoms with E-state index in [1.165, 1.54) is 0 Å². The summed E-state index contributed by atoms with van der Waals surface area (Å²) in [6.45, 7) is 4.55. The van der Waals surface area contributed by atoms with Gasteiger partial charge in [-0.1, -0.05) is 18.2 Å². The summed E-state index contributed by atoms with van der Waals surface area (Å²) in [6.07, 6.45) is 1.60. The summed E-state index contributed by atoms with van der Waals surface area (Å²) in [7, 11) is 1.82. The second-order valence-electron chi connectivity index (χ2n) is 7.74. The van der Waals surface area contributed by atoms with Crippen LogP contribution in [-0.2, 0) is 16.6 Å². The maximum Gasteiger partial charge on any atom is 0.262 e. The Kier molecular flexibility index (Phi) is 7.43. The maximum atomic E-state index is 12.4. The lowest BCUT2D eigenvalue weighted by Gasteiger charge is -2.26. The highest BCUT2D eigenvalue weighted by Crippen LogP contribution is 2.35. The molecule has 1 amide bonds. The average molecular weight is 452 g/mol.